The third-order valence-electron chi connectivity index (χ3n) is 3.74. The van der Waals surface area contributed by atoms with Crippen LogP contribution in [0.1, 0.15) is 37.3 Å². The molecular formula is C19H20F2O4S. The fraction of sp³-hybridized carbons (Fsp3) is 0.316. The van der Waals surface area contributed by atoms with Gasteiger partial charge in [0.1, 0.15) is 11.6 Å². The Kier molecular flexibility index (Phi) is 6.13. The van der Waals surface area contributed by atoms with Gasteiger partial charge in [0, 0.05) is 18.2 Å². The minimum atomic E-state index is -3.37. The van der Waals surface area contributed by atoms with Crippen molar-refractivity contribution in [3.63, 3.8) is 0 Å². The highest BCUT2D eigenvalue weighted by atomic mass is 32.2. The quantitative estimate of drug-likeness (QED) is 0.712. The first kappa shape index (κ1) is 20.0. The summed E-state index contributed by atoms with van der Waals surface area (Å²) in [5, 5.41) is 0. The molecule has 0 aliphatic heterocycles. The van der Waals surface area contributed by atoms with Gasteiger partial charge in [-0.1, -0.05) is 12.1 Å². The van der Waals surface area contributed by atoms with Gasteiger partial charge in [0.05, 0.1) is 17.4 Å². The molecule has 0 unspecified atom stereocenters. The topological polar surface area (TPSA) is 60.4 Å². The number of sulfone groups is 1. The minimum absolute atomic E-state index is 0.121. The number of esters is 1. The Morgan fingerprint density at radius 3 is 2.00 bits per heavy atom. The Bertz CT molecular complexity index is 870. The van der Waals surface area contributed by atoms with Gasteiger partial charge in [-0.15, -0.1) is 0 Å². The van der Waals surface area contributed by atoms with Crippen LogP contribution in [-0.2, 0) is 19.4 Å². The number of carbonyl (C=O) groups is 1. The molecule has 1 atom stereocenters. The molecule has 7 heteroatoms. The van der Waals surface area contributed by atoms with Crippen LogP contribution in [0.2, 0.25) is 0 Å². The Morgan fingerprint density at radius 2 is 1.54 bits per heavy atom. The number of hydrogen-bond acceptors (Lipinski definition) is 4. The number of benzene rings is 2. The molecule has 0 saturated heterocycles. The largest absolute Gasteiger partial charge is 0.463 e. The SMILES string of the molecule is CC(C)OC(=O)C[C@H](c1ccc(S(C)(=O)=O)cc1)c1cc(F)cc(F)c1. The van der Waals surface area contributed by atoms with Crippen LogP contribution in [0.25, 0.3) is 0 Å². The van der Waals surface area contributed by atoms with E-state index in [1.807, 2.05) is 0 Å². The molecule has 0 bridgehead atoms. The second-order valence-electron chi connectivity index (χ2n) is 6.34. The Labute approximate surface area is 151 Å². The average molecular weight is 382 g/mol. The number of halogens is 2. The van der Waals surface area contributed by atoms with Crippen molar-refractivity contribution in [1.82, 2.24) is 0 Å². The fourth-order valence-electron chi connectivity index (χ4n) is 2.63. The monoisotopic (exact) mass is 382 g/mol. The summed E-state index contributed by atoms with van der Waals surface area (Å²) in [6, 6.07) is 8.93. The van der Waals surface area contributed by atoms with Gasteiger partial charge < -0.3 is 4.74 Å². The zero-order valence-electron chi connectivity index (χ0n) is 14.7. The Balaban J connectivity index is 2.44. The zero-order valence-corrected chi connectivity index (χ0v) is 15.5. The molecule has 0 aliphatic rings. The second-order valence-corrected chi connectivity index (χ2v) is 8.36. The molecule has 0 N–H and O–H groups in total. The molecule has 0 amide bonds. The summed E-state index contributed by atoms with van der Waals surface area (Å²) < 4.78 is 55.6. The lowest BCUT2D eigenvalue weighted by molar-refractivity contribution is -0.147. The molecule has 2 aromatic rings. The van der Waals surface area contributed by atoms with Crippen LogP contribution in [0.15, 0.2) is 47.4 Å². The van der Waals surface area contributed by atoms with Crippen molar-refractivity contribution in [2.75, 3.05) is 6.26 Å². The first-order valence-corrected chi connectivity index (χ1v) is 9.91. The summed E-state index contributed by atoms with van der Waals surface area (Å²) in [5.74, 6) is -2.69. The third kappa shape index (κ3) is 5.36. The minimum Gasteiger partial charge on any atom is -0.463 e. The summed E-state index contributed by atoms with van der Waals surface area (Å²) in [7, 11) is -3.37. The molecule has 140 valence electrons. The van der Waals surface area contributed by atoms with Gasteiger partial charge in [-0.2, -0.15) is 0 Å². The zero-order chi connectivity index (χ0) is 19.5. The van der Waals surface area contributed by atoms with Crippen molar-refractivity contribution in [3.8, 4) is 0 Å². The first-order valence-electron chi connectivity index (χ1n) is 8.01. The van der Waals surface area contributed by atoms with E-state index < -0.39 is 33.4 Å². The van der Waals surface area contributed by atoms with Gasteiger partial charge in [-0.25, -0.2) is 17.2 Å². The van der Waals surface area contributed by atoms with E-state index in [1.54, 1.807) is 13.8 Å². The van der Waals surface area contributed by atoms with E-state index in [-0.39, 0.29) is 23.0 Å². The Hall–Kier alpha value is -2.28. The normalized spacial score (nSPS) is 12.8. The van der Waals surface area contributed by atoms with Crippen molar-refractivity contribution in [2.24, 2.45) is 0 Å². The molecule has 0 aromatic heterocycles. The lowest BCUT2D eigenvalue weighted by Gasteiger charge is -2.19. The van der Waals surface area contributed by atoms with Crippen molar-refractivity contribution < 1.29 is 26.7 Å². The van der Waals surface area contributed by atoms with Gasteiger partial charge in [-0.05, 0) is 49.2 Å². The van der Waals surface area contributed by atoms with Gasteiger partial charge >= 0.3 is 5.97 Å². The van der Waals surface area contributed by atoms with Crippen LogP contribution in [-0.4, -0.2) is 26.7 Å². The number of ether oxygens (including phenoxy) is 1. The summed E-state index contributed by atoms with van der Waals surface area (Å²) in [6.07, 6.45) is 0.640. The van der Waals surface area contributed by atoms with Crippen molar-refractivity contribution in [3.05, 3.63) is 65.2 Å². The van der Waals surface area contributed by atoms with Crippen LogP contribution in [0, 0.1) is 11.6 Å². The van der Waals surface area contributed by atoms with E-state index in [0.717, 1.165) is 24.5 Å². The maximum Gasteiger partial charge on any atom is 0.306 e. The van der Waals surface area contributed by atoms with Crippen molar-refractivity contribution in [1.29, 1.82) is 0 Å². The fourth-order valence-corrected chi connectivity index (χ4v) is 3.26. The van der Waals surface area contributed by atoms with Gasteiger partial charge in [-0.3, -0.25) is 4.79 Å². The summed E-state index contributed by atoms with van der Waals surface area (Å²) >= 11 is 0. The molecule has 0 radical (unpaired) electrons. The maximum atomic E-state index is 13.6. The number of hydrogen-bond donors (Lipinski definition) is 0. The van der Waals surface area contributed by atoms with Crippen molar-refractivity contribution >= 4 is 15.8 Å². The second kappa shape index (κ2) is 7.95. The molecular weight excluding hydrogens is 362 g/mol. The van der Waals surface area contributed by atoms with E-state index in [2.05, 4.69) is 0 Å². The smallest absolute Gasteiger partial charge is 0.306 e. The maximum absolute atomic E-state index is 13.6. The molecule has 2 aromatic carbocycles. The van der Waals surface area contributed by atoms with Crippen LogP contribution in [0.3, 0.4) is 0 Å². The standard InChI is InChI=1S/C19H20F2O4S/c1-12(2)25-19(22)11-18(14-8-15(20)10-16(21)9-14)13-4-6-17(7-5-13)26(3,23)24/h4-10,12,18H,11H2,1-3H3/t18-/m1/s1. The van der Waals surface area contributed by atoms with E-state index in [4.69, 9.17) is 4.74 Å². The molecule has 26 heavy (non-hydrogen) atoms. The Morgan fingerprint density at radius 1 is 1.00 bits per heavy atom. The third-order valence-corrected chi connectivity index (χ3v) is 4.86. The highest BCUT2D eigenvalue weighted by molar-refractivity contribution is 7.90. The molecule has 0 saturated carbocycles. The van der Waals surface area contributed by atoms with Gasteiger partial charge in [0.15, 0.2) is 9.84 Å². The predicted molar refractivity (Wildman–Crippen MR) is 93.6 cm³/mol. The van der Waals surface area contributed by atoms with E-state index >= 15 is 0 Å². The molecule has 0 heterocycles. The highest BCUT2D eigenvalue weighted by Gasteiger charge is 2.22. The van der Waals surface area contributed by atoms with Crippen LogP contribution >= 0.6 is 0 Å². The number of carbonyl (C=O) groups excluding carboxylic acids is 1. The van der Waals surface area contributed by atoms with Gasteiger partial charge in [0.25, 0.3) is 0 Å². The summed E-state index contributed by atoms with van der Waals surface area (Å²) in [5.41, 5.74) is 0.832. The van der Waals surface area contributed by atoms with Gasteiger partial charge in [0.2, 0.25) is 0 Å². The van der Waals surface area contributed by atoms with E-state index in [9.17, 15) is 22.0 Å². The molecule has 2 rings (SSSR count). The number of rotatable bonds is 6. The molecule has 4 nitrogen and oxygen atoms in total. The van der Waals surface area contributed by atoms with Crippen LogP contribution in [0.5, 0.6) is 0 Å². The van der Waals surface area contributed by atoms with Crippen LogP contribution in [0.4, 0.5) is 8.78 Å². The predicted octanol–water partition coefficient (Wildman–Crippen LogP) is 3.84. The summed E-state index contributed by atoms with van der Waals surface area (Å²) in [4.78, 5) is 12.2. The van der Waals surface area contributed by atoms with E-state index in [0.29, 0.717) is 5.56 Å². The lowest BCUT2D eigenvalue weighted by Crippen LogP contribution is -2.16. The van der Waals surface area contributed by atoms with E-state index in [1.165, 1.54) is 24.3 Å². The average Bonchev–Trinajstić information content (AvgIpc) is 2.50. The summed E-state index contributed by atoms with van der Waals surface area (Å²) in [6.45, 7) is 3.41. The van der Waals surface area contributed by atoms with Crippen LogP contribution < -0.4 is 0 Å². The molecule has 0 fully saturated rings. The van der Waals surface area contributed by atoms with Crippen molar-refractivity contribution in [2.45, 2.75) is 37.2 Å². The molecule has 0 aliphatic carbocycles. The lowest BCUT2D eigenvalue weighted by atomic mass is 9.88. The molecule has 0 spiro atoms. The highest BCUT2D eigenvalue weighted by Crippen LogP contribution is 2.30. The first-order chi connectivity index (χ1) is 12.1.